The van der Waals surface area contributed by atoms with Crippen LogP contribution in [0.15, 0.2) is 107 Å². The van der Waals surface area contributed by atoms with E-state index in [0.717, 1.165) is 44.8 Å². The average Bonchev–Trinajstić information content (AvgIpc) is 3.76. The van der Waals surface area contributed by atoms with Crippen molar-refractivity contribution in [3.8, 4) is 0 Å². The van der Waals surface area contributed by atoms with Crippen LogP contribution in [0.5, 0.6) is 0 Å². The molecule has 0 radical (unpaired) electrons. The van der Waals surface area contributed by atoms with Gasteiger partial charge in [-0.3, -0.25) is 24.1 Å². The molecule has 0 spiro atoms. The second-order valence-electron chi connectivity index (χ2n) is 12.7. The van der Waals surface area contributed by atoms with Gasteiger partial charge in [0, 0.05) is 59.2 Å². The summed E-state index contributed by atoms with van der Waals surface area (Å²) in [5, 5.41) is 8.24. The Labute approximate surface area is 374 Å². The van der Waals surface area contributed by atoms with E-state index in [0.29, 0.717) is 53.3 Å². The molecule has 0 saturated carbocycles. The van der Waals surface area contributed by atoms with Crippen LogP contribution in [-0.4, -0.2) is 112 Å². The smallest absolute Gasteiger partial charge is 0.436 e. The molecular weight excluding hydrogens is 871 g/mol. The number of para-hydroxylation sites is 1. The number of rotatable bonds is 11. The minimum atomic E-state index is -3.02. The van der Waals surface area contributed by atoms with E-state index in [2.05, 4.69) is 20.0 Å². The molecule has 63 heavy (non-hydrogen) atoms. The average molecular weight is 928 g/mol. The lowest BCUT2D eigenvalue weighted by atomic mass is 10.1. The van der Waals surface area contributed by atoms with Gasteiger partial charge in [-0.15, -0.1) is 5.10 Å². The molecule has 0 aliphatic carbocycles. The maximum Gasteiger partial charge on any atom is 0.534 e. The highest BCUT2D eigenvalue weighted by atomic mass is 32.2. The second-order valence-corrected chi connectivity index (χ2v) is 18.5. The number of aryl methyl sites for hydroxylation is 1. The third-order valence-corrected chi connectivity index (χ3v) is 11.9. The van der Waals surface area contributed by atoms with E-state index < -0.39 is 24.8 Å². The first-order valence-corrected chi connectivity index (χ1v) is 24.5. The quantitative estimate of drug-likeness (QED) is 0.0317. The number of hydrogen-bond acceptors (Lipinski definition) is 16. The first kappa shape index (κ1) is 55.4. The molecule has 3 aromatic carbocycles. The molecule has 0 unspecified atom stereocenters. The lowest BCUT2D eigenvalue weighted by Crippen LogP contribution is -2.42. The van der Waals surface area contributed by atoms with E-state index in [9.17, 15) is 32.4 Å². The zero-order valence-corrected chi connectivity index (χ0v) is 39.9. The summed E-state index contributed by atoms with van der Waals surface area (Å²) in [5.41, 5.74) is 3.33. The van der Waals surface area contributed by atoms with Gasteiger partial charge in [-0.25, -0.2) is 18.2 Å². The number of fused-ring (bicyclic) bond motifs is 2. The van der Waals surface area contributed by atoms with Crippen molar-refractivity contribution in [2.75, 3.05) is 40.2 Å². The maximum absolute atomic E-state index is 11.3. The number of benzene rings is 3. The summed E-state index contributed by atoms with van der Waals surface area (Å²) in [6, 6.07) is 26.3. The number of pyridine rings is 1. The number of unbranched alkanes of at least 4 members (excludes halogenated alkanes) is 1. The maximum atomic E-state index is 11.3. The topological polar surface area (TPSA) is 212 Å². The highest BCUT2D eigenvalue weighted by Gasteiger charge is 2.33. The van der Waals surface area contributed by atoms with Gasteiger partial charge in [-0.1, -0.05) is 59.8 Å². The van der Waals surface area contributed by atoms with Crippen molar-refractivity contribution in [1.82, 2.24) is 25.0 Å². The summed E-state index contributed by atoms with van der Waals surface area (Å²) >= 11 is 1.15. The molecule has 6 rings (SSSR count). The monoisotopic (exact) mass is 927 g/mol. The predicted octanol–water partition coefficient (Wildman–Crippen LogP) is 7.31. The normalized spacial score (nSPS) is 11.3. The van der Waals surface area contributed by atoms with Crippen LogP contribution < -0.4 is 4.84 Å². The molecule has 1 aliphatic heterocycles. The molecule has 3 heterocycles. The van der Waals surface area contributed by atoms with Crippen LogP contribution in [0.3, 0.4) is 0 Å². The van der Waals surface area contributed by atoms with Crippen molar-refractivity contribution in [1.29, 1.82) is 0 Å². The van der Waals surface area contributed by atoms with Gasteiger partial charge in [0.25, 0.3) is 11.8 Å². The van der Waals surface area contributed by atoms with Crippen LogP contribution in [0.4, 0.5) is 4.79 Å². The number of hydrogen-bond donors (Lipinski definition) is 0. The molecular formula is C43H57N5O12S2Si. The van der Waals surface area contributed by atoms with Gasteiger partial charge in [-0.05, 0) is 99.6 Å². The van der Waals surface area contributed by atoms with Gasteiger partial charge >= 0.3 is 15.0 Å². The molecule has 342 valence electrons. The molecule has 0 bridgehead atoms. The first-order valence-electron chi connectivity index (χ1n) is 19.6. The van der Waals surface area contributed by atoms with Crippen molar-refractivity contribution in [2.24, 2.45) is 0 Å². The van der Waals surface area contributed by atoms with Crippen molar-refractivity contribution in [3.63, 3.8) is 0 Å². The van der Waals surface area contributed by atoms with E-state index in [1.165, 1.54) is 27.3 Å². The van der Waals surface area contributed by atoms with Gasteiger partial charge in [0.1, 0.15) is 22.3 Å². The fraction of sp³-hybridized carbons (Fsp3) is 0.349. The van der Waals surface area contributed by atoms with Crippen LogP contribution in [-0.2, 0) is 37.4 Å². The number of aldehydes is 1. The minimum Gasteiger partial charge on any atom is -0.436 e. The Morgan fingerprint density at radius 2 is 1.33 bits per heavy atom. The Morgan fingerprint density at radius 3 is 1.76 bits per heavy atom. The van der Waals surface area contributed by atoms with E-state index in [4.69, 9.17) is 18.1 Å². The van der Waals surface area contributed by atoms with E-state index in [1.807, 2.05) is 65.4 Å². The Hall–Kier alpha value is -5.64. The van der Waals surface area contributed by atoms with Gasteiger partial charge < -0.3 is 22.8 Å². The highest BCUT2D eigenvalue weighted by Crippen LogP contribution is 2.20. The molecule has 0 fully saturated rings. The first-order chi connectivity index (χ1) is 29.9. The number of aromatic nitrogens is 4. The Kier molecular flexibility index (Phi) is 26.0. The summed E-state index contributed by atoms with van der Waals surface area (Å²) in [7, 11) is -2.55. The highest BCUT2D eigenvalue weighted by molar-refractivity contribution is 8.13. The lowest BCUT2D eigenvalue weighted by Gasteiger charge is -2.23. The minimum absolute atomic E-state index is 0.0682. The summed E-state index contributed by atoms with van der Waals surface area (Å²) in [4.78, 5) is 64.5. The number of sulfone groups is 1. The fourth-order valence-corrected chi connectivity index (χ4v) is 7.71. The largest absolute Gasteiger partial charge is 0.534 e. The summed E-state index contributed by atoms with van der Waals surface area (Å²) in [6.07, 6.45) is 4.66. The molecule has 17 nitrogen and oxygen atoms in total. The van der Waals surface area contributed by atoms with Crippen molar-refractivity contribution < 1.29 is 55.2 Å². The molecule has 2 aromatic heterocycles. The number of carbonyl (C=O) groups excluding carboxylic acids is 5. The summed E-state index contributed by atoms with van der Waals surface area (Å²) < 4.78 is 42.4. The van der Waals surface area contributed by atoms with E-state index in [-0.39, 0.29) is 16.9 Å². The Balaban J connectivity index is 0.000000385. The second kappa shape index (κ2) is 29.6. The Morgan fingerprint density at radius 1 is 0.810 bits per heavy atom. The van der Waals surface area contributed by atoms with Crippen molar-refractivity contribution in [2.45, 2.75) is 70.9 Å². The molecule has 2 amide bonds. The van der Waals surface area contributed by atoms with Crippen molar-refractivity contribution in [3.05, 3.63) is 114 Å². The van der Waals surface area contributed by atoms with Crippen LogP contribution in [0, 0.1) is 6.92 Å². The van der Waals surface area contributed by atoms with Crippen LogP contribution in [0.2, 0.25) is 6.55 Å². The zero-order chi connectivity index (χ0) is 47.4. The number of imide groups is 1. The van der Waals surface area contributed by atoms with E-state index in [1.54, 1.807) is 72.9 Å². The molecule has 0 saturated heterocycles. The molecule has 5 aromatic rings. The molecule has 0 N–H and O–H groups in total. The zero-order valence-electron chi connectivity index (χ0n) is 37.3. The number of amides is 2. The molecule has 1 aliphatic rings. The third kappa shape index (κ3) is 20.9. The van der Waals surface area contributed by atoms with E-state index >= 15 is 0 Å². The molecule has 20 heteroatoms. The third-order valence-electron chi connectivity index (χ3n) is 7.61. The van der Waals surface area contributed by atoms with Gasteiger partial charge in [-0.2, -0.15) is 0 Å². The summed E-state index contributed by atoms with van der Waals surface area (Å²) in [5.74, 6) is -0.425. The standard InChI is InChI=1S/C9H7NO2.C8H7N3O3.C8H10O2S.C7H7NOS.C7H18O3Si.C4H8O/c1-10-8(11)6-4-2-3-5-7(6)9(10)12;1-13-8(12)14-11-7-5-3-2-4-6(7)9-10-11;1-7-3-5-8(6-4-7)11(2,9)10;1-6(9)10-7-4-2-3-5-8-7;1-5-8-11(4,9-6-2)10-7-3;1-2-3-4-5/h2-5H,1H3;2-5H,1H3;3-6H,1-2H3;2-5H,1H3;5-7H2,1-4H3;4H,2-3H2,1H3. The fourth-order valence-electron chi connectivity index (χ4n) is 4.70. The van der Waals surface area contributed by atoms with Crippen molar-refractivity contribution >= 4 is 70.8 Å². The number of methoxy groups -OCH3 is 1. The lowest BCUT2D eigenvalue weighted by molar-refractivity contribution is -0.109. The number of thioether (sulfide) groups is 1. The van der Waals surface area contributed by atoms with Gasteiger partial charge in [0.05, 0.1) is 23.1 Å². The number of nitrogens with zero attached hydrogens (tertiary/aromatic N) is 5. The Bertz CT molecular complexity index is 2230. The number of carbonyl (C=O) groups is 5. The van der Waals surface area contributed by atoms with Gasteiger partial charge in [0.15, 0.2) is 15.0 Å². The summed E-state index contributed by atoms with van der Waals surface area (Å²) in [6.45, 7) is 15.2. The molecule has 0 atom stereocenters. The SMILES string of the molecule is CC(=O)Sc1ccccn1.CCCC=O.CCO[Si](C)(OCC)OCC.CN1C(=O)c2ccccc2C1=O.COC(=O)On1nnc2ccccc21.Cc1ccc(S(C)(=O)=O)cc1. The van der Waals surface area contributed by atoms with Crippen LogP contribution >= 0.6 is 11.8 Å². The van der Waals surface area contributed by atoms with Gasteiger partial charge in [0.2, 0.25) is 0 Å². The predicted molar refractivity (Wildman–Crippen MR) is 242 cm³/mol. The number of ether oxygens (including phenoxy) is 1. The van der Waals surface area contributed by atoms with Crippen LogP contribution in [0.25, 0.3) is 11.0 Å². The van der Waals surface area contributed by atoms with Crippen LogP contribution in [0.1, 0.15) is 73.7 Å².